The van der Waals surface area contributed by atoms with Gasteiger partial charge in [-0.15, -0.1) is 11.3 Å². The van der Waals surface area contributed by atoms with E-state index < -0.39 is 16.1 Å². The molecule has 0 saturated carbocycles. The molecule has 1 unspecified atom stereocenters. The summed E-state index contributed by atoms with van der Waals surface area (Å²) in [6, 6.07) is 10.0. The summed E-state index contributed by atoms with van der Waals surface area (Å²) < 4.78 is 32.3. The molecule has 1 saturated heterocycles. The minimum absolute atomic E-state index is 0.275. The number of para-hydroxylation sites is 1. The maximum Gasteiger partial charge on any atom is 0.253 e. The van der Waals surface area contributed by atoms with Gasteiger partial charge in [-0.25, -0.2) is 8.42 Å². The van der Waals surface area contributed by atoms with Crippen molar-refractivity contribution in [1.82, 2.24) is 9.62 Å². The van der Waals surface area contributed by atoms with E-state index in [1.165, 1.54) is 15.6 Å². The Hall–Kier alpha value is -1.90. The first-order chi connectivity index (χ1) is 12.0. The van der Waals surface area contributed by atoms with E-state index in [1.807, 2.05) is 24.3 Å². The molecule has 25 heavy (non-hydrogen) atoms. The topological polar surface area (TPSA) is 75.7 Å². The van der Waals surface area contributed by atoms with Crippen molar-refractivity contribution in [2.24, 2.45) is 0 Å². The molecule has 3 rings (SSSR count). The Balaban J connectivity index is 1.71. The third-order valence-electron chi connectivity index (χ3n) is 4.21. The monoisotopic (exact) mass is 380 g/mol. The molecule has 0 spiro atoms. The van der Waals surface area contributed by atoms with Crippen LogP contribution in [0.2, 0.25) is 0 Å². The van der Waals surface area contributed by atoms with Crippen LogP contribution in [-0.4, -0.2) is 38.3 Å². The molecule has 1 atom stereocenters. The molecule has 134 valence electrons. The van der Waals surface area contributed by atoms with Crippen molar-refractivity contribution >= 4 is 27.3 Å². The van der Waals surface area contributed by atoms with Crippen LogP contribution in [0.4, 0.5) is 0 Å². The second kappa shape index (κ2) is 7.55. The summed E-state index contributed by atoms with van der Waals surface area (Å²) in [5.74, 6) is 0.417. The fraction of sp³-hybridized carbons (Fsp3) is 0.353. The van der Waals surface area contributed by atoms with E-state index in [4.69, 9.17) is 4.74 Å². The highest BCUT2D eigenvalue weighted by molar-refractivity contribution is 7.91. The van der Waals surface area contributed by atoms with Crippen molar-refractivity contribution in [1.29, 1.82) is 0 Å². The molecule has 2 aromatic rings. The SMILES string of the molecule is COc1ccccc1CNC(=O)C1CCCN1S(=O)(=O)c1cccs1. The van der Waals surface area contributed by atoms with E-state index in [0.717, 1.165) is 5.56 Å². The number of hydrogen-bond donors (Lipinski definition) is 1. The lowest BCUT2D eigenvalue weighted by atomic mass is 10.2. The van der Waals surface area contributed by atoms with E-state index >= 15 is 0 Å². The Labute approximate surface area is 151 Å². The van der Waals surface area contributed by atoms with E-state index in [0.29, 0.717) is 31.7 Å². The number of ether oxygens (including phenoxy) is 1. The van der Waals surface area contributed by atoms with Crippen LogP contribution in [-0.2, 0) is 21.4 Å². The van der Waals surface area contributed by atoms with Gasteiger partial charge in [0.15, 0.2) is 0 Å². The summed E-state index contributed by atoms with van der Waals surface area (Å²) in [7, 11) is -2.04. The van der Waals surface area contributed by atoms with Gasteiger partial charge in [0, 0.05) is 18.7 Å². The Bertz CT molecular complexity index is 834. The fourth-order valence-electron chi connectivity index (χ4n) is 2.96. The summed E-state index contributed by atoms with van der Waals surface area (Å²) in [5.41, 5.74) is 0.851. The van der Waals surface area contributed by atoms with Crippen molar-refractivity contribution in [3.05, 3.63) is 47.3 Å². The third kappa shape index (κ3) is 3.70. The zero-order valence-electron chi connectivity index (χ0n) is 13.8. The summed E-state index contributed by atoms with van der Waals surface area (Å²) in [4.78, 5) is 12.6. The number of rotatable bonds is 6. The maximum atomic E-state index is 12.7. The second-order valence-electron chi connectivity index (χ2n) is 5.74. The number of carbonyl (C=O) groups is 1. The van der Waals surface area contributed by atoms with Gasteiger partial charge < -0.3 is 10.1 Å². The molecule has 0 radical (unpaired) electrons. The van der Waals surface area contributed by atoms with Crippen LogP contribution in [0.25, 0.3) is 0 Å². The van der Waals surface area contributed by atoms with E-state index in [2.05, 4.69) is 5.32 Å². The predicted octanol–water partition coefficient (Wildman–Crippen LogP) is 2.23. The number of methoxy groups -OCH3 is 1. The highest BCUT2D eigenvalue weighted by Gasteiger charge is 2.39. The molecule has 1 aromatic carbocycles. The number of benzene rings is 1. The first-order valence-electron chi connectivity index (χ1n) is 7.99. The molecule has 0 bridgehead atoms. The average Bonchev–Trinajstić information content (AvgIpc) is 3.31. The van der Waals surface area contributed by atoms with Gasteiger partial charge in [0.1, 0.15) is 16.0 Å². The maximum absolute atomic E-state index is 12.7. The molecule has 2 heterocycles. The summed E-state index contributed by atoms with van der Waals surface area (Å²) in [5, 5.41) is 4.56. The minimum atomic E-state index is -3.62. The van der Waals surface area contributed by atoms with Gasteiger partial charge in [0.2, 0.25) is 5.91 Å². The Kier molecular flexibility index (Phi) is 5.41. The van der Waals surface area contributed by atoms with E-state index in [9.17, 15) is 13.2 Å². The number of amides is 1. The summed E-state index contributed by atoms with van der Waals surface area (Å²) in [6.07, 6.45) is 1.21. The highest BCUT2D eigenvalue weighted by Crippen LogP contribution is 2.28. The van der Waals surface area contributed by atoms with Crippen molar-refractivity contribution in [2.45, 2.75) is 29.6 Å². The van der Waals surface area contributed by atoms with Crippen molar-refractivity contribution in [3.63, 3.8) is 0 Å². The molecule has 1 amide bonds. The van der Waals surface area contributed by atoms with E-state index in [-0.39, 0.29) is 10.1 Å². The van der Waals surface area contributed by atoms with Gasteiger partial charge in [0.05, 0.1) is 7.11 Å². The Morgan fingerprint density at radius 2 is 2.12 bits per heavy atom. The number of carbonyl (C=O) groups excluding carboxylic acids is 1. The molecule has 1 aromatic heterocycles. The van der Waals surface area contributed by atoms with Gasteiger partial charge >= 0.3 is 0 Å². The molecule has 1 aliphatic heterocycles. The molecule has 0 aliphatic carbocycles. The fourth-order valence-corrected chi connectivity index (χ4v) is 5.74. The summed E-state index contributed by atoms with van der Waals surface area (Å²) in [6.45, 7) is 0.666. The van der Waals surface area contributed by atoms with Crippen LogP contribution in [0, 0.1) is 0 Å². The first kappa shape index (κ1) is 17.9. The van der Waals surface area contributed by atoms with Crippen LogP contribution in [0.1, 0.15) is 18.4 Å². The lowest BCUT2D eigenvalue weighted by Gasteiger charge is -2.22. The molecular weight excluding hydrogens is 360 g/mol. The first-order valence-corrected chi connectivity index (χ1v) is 10.3. The van der Waals surface area contributed by atoms with Gasteiger partial charge in [-0.3, -0.25) is 4.79 Å². The lowest BCUT2D eigenvalue weighted by molar-refractivity contribution is -0.124. The zero-order valence-corrected chi connectivity index (χ0v) is 15.5. The minimum Gasteiger partial charge on any atom is -0.496 e. The third-order valence-corrected chi connectivity index (χ3v) is 7.49. The van der Waals surface area contributed by atoms with Crippen LogP contribution < -0.4 is 10.1 Å². The van der Waals surface area contributed by atoms with Crippen LogP contribution >= 0.6 is 11.3 Å². The van der Waals surface area contributed by atoms with E-state index in [1.54, 1.807) is 24.6 Å². The Morgan fingerprint density at radius 3 is 2.84 bits per heavy atom. The molecule has 1 fully saturated rings. The molecular formula is C17H20N2O4S2. The van der Waals surface area contributed by atoms with Gasteiger partial charge in [-0.2, -0.15) is 4.31 Å². The quantitative estimate of drug-likeness (QED) is 0.834. The van der Waals surface area contributed by atoms with Crippen LogP contribution in [0.3, 0.4) is 0 Å². The van der Waals surface area contributed by atoms with Crippen LogP contribution in [0.5, 0.6) is 5.75 Å². The smallest absolute Gasteiger partial charge is 0.253 e. The van der Waals surface area contributed by atoms with Crippen molar-refractivity contribution < 1.29 is 17.9 Å². The van der Waals surface area contributed by atoms with Crippen LogP contribution in [0.15, 0.2) is 46.0 Å². The second-order valence-corrected chi connectivity index (χ2v) is 8.80. The summed E-state index contributed by atoms with van der Waals surface area (Å²) >= 11 is 1.17. The number of nitrogens with zero attached hydrogens (tertiary/aromatic N) is 1. The molecule has 8 heteroatoms. The molecule has 6 nitrogen and oxygen atoms in total. The lowest BCUT2D eigenvalue weighted by Crippen LogP contribution is -2.45. The standard InChI is InChI=1S/C17H20N2O4S2/c1-23-15-8-3-2-6-13(15)12-18-17(20)14-7-4-10-19(14)25(21,22)16-9-5-11-24-16/h2-3,5-6,8-9,11,14H,4,7,10,12H2,1H3,(H,18,20). The van der Waals surface area contributed by atoms with Gasteiger partial charge in [0.25, 0.3) is 10.0 Å². The number of sulfonamides is 1. The Morgan fingerprint density at radius 1 is 1.32 bits per heavy atom. The van der Waals surface area contributed by atoms with Crippen molar-refractivity contribution in [2.75, 3.05) is 13.7 Å². The molecule has 1 N–H and O–H groups in total. The largest absolute Gasteiger partial charge is 0.496 e. The van der Waals surface area contributed by atoms with Crippen molar-refractivity contribution in [3.8, 4) is 5.75 Å². The zero-order chi connectivity index (χ0) is 17.9. The number of nitrogens with one attached hydrogen (secondary N) is 1. The molecule has 1 aliphatic rings. The predicted molar refractivity (Wildman–Crippen MR) is 96.1 cm³/mol. The highest BCUT2D eigenvalue weighted by atomic mass is 32.2. The van der Waals surface area contributed by atoms with Gasteiger partial charge in [-0.05, 0) is 30.4 Å². The number of hydrogen-bond acceptors (Lipinski definition) is 5. The number of thiophene rings is 1. The van der Waals surface area contributed by atoms with Gasteiger partial charge in [-0.1, -0.05) is 24.3 Å². The normalized spacial score (nSPS) is 18.2. The average molecular weight is 380 g/mol.